The number of imidazole rings is 1. The zero-order valence-corrected chi connectivity index (χ0v) is 19.8. The predicted octanol–water partition coefficient (Wildman–Crippen LogP) is 5.96. The molecule has 2 saturated carbocycles. The number of hydrogen-bond donors (Lipinski definition) is 2. The molecule has 6 heteroatoms. The van der Waals surface area contributed by atoms with Gasteiger partial charge in [-0.15, -0.1) is 0 Å². The second kappa shape index (κ2) is 9.12. The molecular formula is C29H30N6. The monoisotopic (exact) mass is 462 g/mol. The Labute approximate surface area is 205 Å². The Balaban J connectivity index is 0.000000522. The van der Waals surface area contributed by atoms with Gasteiger partial charge in [0.2, 0.25) is 0 Å². The fourth-order valence-corrected chi connectivity index (χ4v) is 4.73. The van der Waals surface area contributed by atoms with Crippen molar-refractivity contribution < 1.29 is 0 Å². The molecule has 7 rings (SSSR count). The molecule has 4 N–H and O–H groups in total. The number of hydrogen-bond acceptors (Lipinski definition) is 5. The third-order valence-electron chi connectivity index (χ3n) is 7.19. The molecule has 3 aromatic heterocycles. The van der Waals surface area contributed by atoms with Gasteiger partial charge in [0.1, 0.15) is 22.9 Å². The number of pyridine rings is 1. The van der Waals surface area contributed by atoms with Crippen LogP contribution in [0.25, 0.3) is 38.9 Å². The predicted molar refractivity (Wildman–Crippen MR) is 142 cm³/mol. The van der Waals surface area contributed by atoms with Crippen LogP contribution in [-0.2, 0) is 0 Å². The first-order valence-corrected chi connectivity index (χ1v) is 12.5. The summed E-state index contributed by atoms with van der Waals surface area (Å²) in [6, 6.07) is 20.9. The van der Waals surface area contributed by atoms with Crippen molar-refractivity contribution in [1.82, 2.24) is 19.4 Å². The molecule has 2 aromatic carbocycles. The summed E-state index contributed by atoms with van der Waals surface area (Å²) in [6.45, 7) is 0. The summed E-state index contributed by atoms with van der Waals surface area (Å²) in [5, 5.41) is 1.09. The van der Waals surface area contributed by atoms with Gasteiger partial charge in [0.15, 0.2) is 0 Å². The van der Waals surface area contributed by atoms with E-state index in [-0.39, 0.29) is 6.04 Å². The highest BCUT2D eigenvalue weighted by Gasteiger charge is 2.32. The molecule has 0 bridgehead atoms. The third kappa shape index (κ3) is 4.15. The first kappa shape index (κ1) is 21.7. The standard InChI is InChI=1S/C25H22N6.C4H8/c26-19-12-18(13-19)25-30-22(23-24(27)28-10-11-31(23)25)17-7-6-16-8-9-20(29-21(16)14-17)15-4-2-1-3-5-15;1-2-4-3-1/h1-11,14,18-19H,12-13,26H2,(H2,27,28);1-4H2. The fraction of sp³-hybridized carbons (Fsp3) is 0.276. The van der Waals surface area contributed by atoms with Gasteiger partial charge in [-0.1, -0.05) is 74.2 Å². The number of fused-ring (bicyclic) bond motifs is 2. The van der Waals surface area contributed by atoms with Crippen molar-refractivity contribution in [2.75, 3.05) is 5.73 Å². The molecule has 0 aliphatic heterocycles. The minimum Gasteiger partial charge on any atom is -0.382 e. The summed E-state index contributed by atoms with van der Waals surface area (Å²) < 4.78 is 2.08. The van der Waals surface area contributed by atoms with Crippen molar-refractivity contribution >= 4 is 22.2 Å². The van der Waals surface area contributed by atoms with Crippen LogP contribution >= 0.6 is 0 Å². The van der Waals surface area contributed by atoms with E-state index in [0.717, 1.165) is 57.6 Å². The molecular weight excluding hydrogens is 432 g/mol. The number of nitrogens with two attached hydrogens (primary N) is 2. The molecule has 0 radical (unpaired) electrons. The van der Waals surface area contributed by atoms with Gasteiger partial charge in [-0.05, 0) is 25.0 Å². The van der Waals surface area contributed by atoms with Crippen molar-refractivity contribution in [1.29, 1.82) is 0 Å². The molecule has 2 aliphatic carbocycles. The van der Waals surface area contributed by atoms with E-state index in [0.29, 0.717) is 11.7 Å². The van der Waals surface area contributed by atoms with Crippen LogP contribution in [-0.4, -0.2) is 25.4 Å². The average molecular weight is 463 g/mol. The number of anilines is 1. The average Bonchev–Trinajstić information content (AvgIpc) is 3.21. The lowest BCUT2D eigenvalue weighted by Gasteiger charge is -2.31. The van der Waals surface area contributed by atoms with Crippen LogP contribution in [0.4, 0.5) is 5.82 Å². The number of benzene rings is 2. The normalized spacial score (nSPS) is 19.0. The van der Waals surface area contributed by atoms with Crippen molar-refractivity contribution in [3.05, 3.63) is 78.9 Å². The summed E-state index contributed by atoms with van der Waals surface area (Å²) in [5.41, 5.74) is 18.0. The topological polar surface area (TPSA) is 95.1 Å². The third-order valence-corrected chi connectivity index (χ3v) is 7.19. The Hall–Kier alpha value is -3.77. The molecule has 3 heterocycles. The molecule has 0 amide bonds. The molecule has 5 aromatic rings. The second-order valence-corrected chi connectivity index (χ2v) is 9.66. The van der Waals surface area contributed by atoms with Gasteiger partial charge in [0.05, 0.1) is 11.2 Å². The maximum atomic E-state index is 6.30. The van der Waals surface area contributed by atoms with E-state index >= 15 is 0 Å². The first-order valence-electron chi connectivity index (χ1n) is 12.5. The molecule has 0 spiro atoms. The van der Waals surface area contributed by atoms with Crippen molar-refractivity contribution in [2.24, 2.45) is 5.73 Å². The summed E-state index contributed by atoms with van der Waals surface area (Å²) in [5.74, 6) is 1.83. The minimum absolute atomic E-state index is 0.251. The lowest BCUT2D eigenvalue weighted by molar-refractivity contribution is 0.337. The number of nitrogens with zero attached hydrogens (tertiary/aromatic N) is 4. The first-order chi connectivity index (χ1) is 17.2. The molecule has 176 valence electrons. The molecule has 0 unspecified atom stereocenters. The van der Waals surface area contributed by atoms with Gasteiger partial charge in [-0.25, -0.2) is 15.0 Å². The van der Waals surface area contributed by atoms with Crippen LogP contribution in [0.1, 0.15) is 50.3 Å². The lowest BCUT2D eigenvalue weighted by atomic mass is 9.80. The van der Waals surface area contributed by atoms with E-state index in [2.05, 4.69) is 51.8 Å². The van der Waals surface area contributed by atoms with Crippen molar-refractivity contribution in [2.45, 2.75) is 50.5 Å². The van der Waals surface area contributed by atoms with Crippen LogP contribution in [0.5, 0.6) is 0 Å². The highest BCUT2D eigenvalue weighted by Crippen LogP contribution is 2.39. The van der Waals surface area contributed by atoms with Crippen LogP contribution in [0, 0.1) is 0 Å². The van der Waals surface area contributed by atoms with E-state index in [1.165, 1.54) is 25.7 Å². The van der Waals surface area contributed by atoms with Gasteiger partial charge < -0.3 is 11.5 Å². The van der Waals surface area contributed by atoms with E-state index in [9.17, 15) is 0 Å². The quantitative estimate of drug-likeness (QED) is 0.345. The van der Waals surface area contributed by atoms with Crippen LogP contribution in [0.2, 0.25) is 0 Å². The van der Waals surface area contributed by atoms with Crippen LogP contribution < -0.4 is 11.5 Å². The van der Waals surface area contributed by atoms with Gasteiger partial charge in [-0.2, -0.15) is 0 Å². The van der Waals surface area contributed by atoms with Gasteiger partial charge in [-0.3, -0.25) is 4.40 Å². The molecule has 0 saturated heterocycles. The number of nitrogen functional groups attached to an aromatic ring is 1. The fourth-order valence-electron chi connectivity index (χ4n) is 4.73. The maximum absolute atomic E-state index is 6.30. The summed E-state index contributed by atoms with van der Waals surface area (Å²) >= 11 is 0. The Morgan fingerprint density at radius 1 is 0.829 bits per heavy atom. The zero-order chi connectivity index (χ0) is 23.8. The van der Waals surface area contributed by atoms with E-state index < -0.39 is 0 Å². The molecule has 35 heavy (non-hydrogen) atoms. The molecule has 6 nitrogen and oxygen atoms in total. The van der Waals surface area contributed by atoms with E-state index in [1.54, 1.807) is 6.20 Å². The summed E-state index contributed by atoms with van der Waals surface area (Å²) in [4.78, 5) is 14.3. The number of aromatic nitrogens is 4. The van der Waals surface area contributed by atoms with Crippen molar-refractivity contribution in [3.8, 4) is 22.5 Å². The summed E-state index contributed by atoms with van der Waals surface area (Å²) in [7, 11) is 0. The SMILES string of the molecule is C1CCC1.Nc1nccn2c(C3CC(N)C3)nc(-c3ccc4ccc(-c5ccccc5)nc4c3)c12. The second-order valence-electron chi connectivity index (χ2n) is 9.66. The Morgan fingerprint density at radius 2 is 1.57 bits per heavy atom. The molecule has 0 atom stereocenters. The van der Waals surface area contributed by atoms with Gasteiger partial charge in [0, 0.05) is 40.9 Å². The Morgan fingerprint density at radius 3 is 2.29 bits per heavy atom. The van der Waals surface area contributed by atoms with Gasteiger partial charge >= 0.3 is 0 Å². The van der Waals surface area contributed by atoms with E-state index in [4.69, 9.17) is 21.4 Å². The number of rotatable bonds is 3. The highest BCUT2D eigenvalue weighted by atomic mass is 15.1. The Bertz CT molecular complexity index is 1480. The minimum atomic E-state index is 0.251. The maximum Gasteiger partial charge on any atom is 0.150 e. The van der Waals surface area contributed by atoms with Crippen molar-refractivity contribution in [3.63, 3.8) is 0 Å². The molecule has 2 fully saturated rings. The Kier molecular flexibility index (Phi) is 5.66. The molecule has 2 aliphatic rings. The highest BCUT2D eigenvalue weighted by molar-refractivity contribution is 5.91. The van der Waals surface area contributed by atoms with E-state index in [1.807, 2.05) is 24.4 Å². The largest absolute Gasteiger partial charge is 0.382 e. The lowest BCUT2D eigenvalue weighted by Crippen LogP contribution is -2.35. The summed E-state index contributed by atoms with van der Waals surface area (Å²) in [6.07, 6.45) is 11.6. The smallest absolute Gasteiger partial charge is 0.150 e. The zero-order valence-electron chi connectivity index (χ0n) is 19.8. The van der Waals surface area contributed by atoms with Crippen LogP contribution in [0.3, 0.4) is 0 Å². The van der Waals surface area contributed by atoms with Gasteiger partial charge in [0.25, 0.3) is 0 Å². The van der Waals surface area contributed by atoms with Crippen LogP contribution in [0.15, 0.2) is 73.1 Å².